The van der Waals surface area contributed by atoms with Crippen LogP contribution in [-0.4, -0.2) is 14.3 Å². The smallest absolute Gasteiger partial charge is 0.320 e. The fourth-order valence-corrected chi connectivity index (χ4v) is 1.70. The zero-order valence-electron chi connectivity index (χ0n) is 9.59. The van der Waals surface area contributed by atoms with E-state index in [1.165, 1.54) is 0 Å². The van der Waals surface area contributed by atoms with Crippen LogP contribution in [0.4, 0.5) is 0 Å². The van der Waals surface area contributed by atoms with Crippen molar-refractivity contribution in [2.24, 2.45) is 0 Å². The molecule has 0 aromatic carbocycles. The molecule has 0 aliphatic heterocycles. The van der Waals surface area contributed by atoms with Crippen LogP contribution >= 0.6 is 0 Å². The maximum absolute atomic E-state index is 11.6. The Morgan fingerprint density at radius 2 is 2.00 bits per heavy atom. The van der Waals surface area contributed by atoms with Gasteiger partial charge >= 0.3 is 5.97 Å². The molecule has 0 fully saturated rings. The number of hydrogen-bond acceptors (Lipinski definition) is 2. The standard InChI is InChI=1S/C11H20O2Si/c1-6-8-10(9-7-2)11(12)13-14(3,4)5/h6,8H,1,7,9H2,2-5H3/b10-8+. The Labute approximate surface area is 87.8 Å². The highest BCUT2D eigenvalue weighted by Crippen LogP contribution is 2.12. The van der Waals surface area contributed by atoms with Crippen LogP contribution in [0.5, 0.6) is 0 Å². The van der Waals surface area contributed by atoms with Crippen molar-refractivity contribution in [3.63, 3.8) is 0 Å². The van der Waals surface area contributed by atoms with E-state index in [0.29, 0.717) is 0 Å². The molecule has 0 spiro atoms. The van der Waals surface area contributed by atoms with Crippen molar-refractivity contribution in [1.82, 2.24) is 0 Å². The highest BCUT2D eigenvalue weighted by molar-refractivity contribution is 6.71. The summed E-state index contributed by atoms with van der Waals surface area (Å²) < 4.78 is 5.39. The number of rotatable bonds is 5. The van der Waals surface area contributed by atoms with Crippen LogP contribution in [0.1, 0.15) is 19.8 Å². The lowest BCUT2D eigenvalue weighted by Gasteiger charge is -2.18. The van der Waals surface area contributed by atoms with E-state index in [-0.39, 0.29) is 5.97 Å². The molecule has 0 radical (unpaired) electrons. The minimum Gasteiger partial charge on any atom is -0.517 e. The van der Waals surface area contributed by atoms with Crippen LogP contribution in [0, 0.1) is 0 Å². The average Bonchev–Trinajstić information content (AvgIpc) is 2.01. The molecule has 0 N–H and O–H groups in total. The van der Waals surface area contributed by atoms with Gasteiger partial charge in [0.15, 0.2) is 0 Å². The molecule has 3 heteroatoms. The van der Waals surface area contributed by atoms with Crippen LogP contribution < -0.4 is 0 Å². The topological polar surface area (TPSA) is 26.3 Å². The summed E-state index contributed by atoms with van der Waals surface area (Å²) in [5.41, 5.74) is 0.727. The fraction of sp³-hybridized carbons (Fsp3) is 0.545. The molecule has 0 unspecified atom stereocenters. The van der Waals surface area contributed by atoms with E-state index in [2.05, 4.69) is 6.58 Å². The lowest BCUT2D eigenvalue weighted by Crippen LogP contribution is -2.29. The Kier molecular flexibility index (Phi) is 5.46. The lowest BCUT2D eigenvalue weighted by molar-refractivity contribution is -0.131. The summed E-state index contributed by atoms with van der Waals surface area (Å²) in [5, 5.41) is 0. The molecule has 0 bridgehead atoms. The van der Waals surface area contributed by atoms with Gasteiger partial charge in [-0.05, 0) is 26.1 Å². The second-order valence-electron chi connectivity index (χ2n) is 4.18. The summed E-state index contributed by atoms with van der Waals surface area (Å²) in [4.78, 5) is 11.6. The highest BCUT2D eigenvalue weighted by atomic mass is 28.4. The van der Waals surface area contributed by atoms with Crippen LogP contribution in [0.3, 0.4) is 0 Å². The van der Waals surface area contributed by atoms with E-state index in [0.717, 1.165) is 18.4 Å². The minimum absolute atomic E-state index is 0.175. The summed E-state index contributed by atoms with van der Waals surface area (Å²) in [6, 6.07) is 0. The van der Waals surface area contributed by atoms with E-state index in [1.807, 2.05) is 26.6 Å². The highest BCUT2D eigenvalue weighted by Gasteiger charge is 2.21. The van der Waals surface area contributed by atoms with Crippen molar-refractivity contribution in [2.75, 3.05) is 0 Å². The largest absolute Gasteiger partial charge is 0.517 e. The summed E-state index contributed by atoms with van der Waals surface area (Å²) in [6.07, 6.45) is 5.08. The second kappa shape index (κ2) is 5.80. The van der Waals surface area contributed by atoms with Gasteiger partial charge in [-0.3, -0.25) is 0 Å². The fourth-order valence-electron chi connectivity index (χ4n) is 1.01. The quantitative estimate of drug-likeness (QED) is 0.397. The van der Waals surface area contributed by atoms with Gasteiger partial charge < -0.3 is 4.43 Å². The van der Waals surface area contributed by atoms with Gasteiger partial charge in [0.25, 0.3) is 0 Å². The molecule has 2 nitrogen and oxygen atoms in total. The monoisotopic (exact) mass is 212 g/mol. The van der Waals surface area contributed by atoms with Gasteiger partial charge in [-0.25, -0.2) is 4.79 Å². The summed E-state index contributed by atoms with van der Waals surface area (Å²) in [6.45, 7) is 11.6. The van der Waals surface area contributed by atoms with Gasteiger partial charge in [0, 0.05) is 5.57 Å². The van der Waals surface area contributed by atoms with E-state index in [1.54, 1.807) is 12.2 Å². The number of carbonyl (C=O) groups is 1. The van der Waals surface area contributed by atoms with E-state index in [4.69, 9.17) is 4.43 Å². The molecule has 14 heavy (non-hydrogen) atoms. The Bertz CT molecular complexity index is 236. The molecule has 0 heterocycles. The zero-order valence-corrected chi connectivity index (χ0v) is 10.6. The van der Waals surface area contributed by atoms with Gasteiger partial charge in [-0.1, -0.05) is 32.1 Å². The van der Waals surface area contributed by atoms with Crippen molar-refractivity contribution in [3.05, 3.63) is 24.3 Å². The third kappa shape index (κ3) is 5.75. The van der Waals surface area contributed by atoms with Crippen LogP contribution in [0.2, 0.25) is 19.6 Å². The third-order valence-corrected chi connectivity index (χ3v) is 2.30. The third-order valence-electron chi connectivity index (χ3n) is 1.50. The van der Waals surface area contributed by atoms with Gasteiger partial charge in [0.05, 0.1) is 0 Å². The van der Waals surface area contributed by atoms with Gasteiger partial charge in [-0.15, -0.1) is 0 Å². The van der Waals surface area contributed by atoms with E-state index < -0.39 is 8.32 Å². The SMILES string of the molecule is C=C/C=C(\CCC)C(=O)O[Si](C)(C)C. The molecule has 0 aromatic heterocycles. The van der Waals surface area contributed by atoms with Crippen LogP contribution in [0.25, 0.3) is 0 Å². The van der Waals surface area contributed by atoms with Gasteiger partial charge in [-0.2, -0.15) is 0 Å². The van der Waals surface area contributed by atoms with Crippen LogP contribution in [-0.2, 0) is 9.22 Å². The first-order valence-electron chi connectivity index (χ1n) is 4.95. The number of carbonyl (C=O) groups excluding carboxylic acids is 1. The first kappa shape index (κ1) is 13.2. The van der Waals surface area contributed by atoms with Crippen molar-refractivity contribution < 1.29 is 9.22 Å². The average molecular weight is 212 g/mol. The predicted molar refractivity (Wildman–Crippen MR) is 62.6 cm³/mol. The van der Waals surface area contributed by atoms with E-state index in [9.17, 15) is 4.79 Å². The first-order valence-corrected chi connectivity index (χ1v) is 8.36. The van der Waals surface area contributed by atoms with Crippen molar-refractivity contribution >= 4 is 14.3 Å². The molecule has 0 amide bonds. The predicted octanol–water partition coefficient (Wildman–Crippen LogP) is 3.28. The van der Waals surface area contributed by atoms with Crippen molar-refractivity contribution in [2.45, 2.75) is 39.4 Å². The number of hydrogen-bond donors (Lipinski definition) is 0. The first-order chi connectivity index (χ1) is 6.40. The molecule has 0 aromatic rings. The lowest BCUT2D eigenvalue weighted by atomic mass is 10.1. The Morgan fingerprint density at radius 3 is 2.36 bits per heavy atom. The molecular formula is C11H20O2Si. The van der Waals surface area contributed by atoms with Crippen LogP contribution in [0.15, 0.2) is 24.3 Å². The van der Waals surface area contributed by atoms with Gasteiger partial charge in [0.1, 0.15) is 0 Å². The molecule has 0 saturated carbocycles. The Hall–Kier alpha value is -0.833. The Balaban J connectivity index is 4.46. The maximum Gasteiger partial charge on any atom is 0.320 e. The normalized spacial score (nSPS) is 12.4. The van der Waals surface area contributed by atoms with Crippen molar-refractivity contribution in [1.29, 1.82) is 0 Å². The molecule has 0 aliphatic carbocycles. The summed E-state index contributed by atoms with van der Waals surface area (Å²) in [5.74, 6) is -0.175. The van der Waals surface area contributed by atoms with Gasteiger partial charge in [0.2, 0.25) is 8.32 Å². The van der Waals surface area contributed by atoms with Crippen molar-refractivity contribution in [3.8, 4) is 0 Å². The second-order valence-corrected chi connectivity index (χ2v) is 8.61. The molecule has 0 saturated heterocycles. The summed E-state index contributed by atoms with van der Waals surface area (Å²) >= 11 is 0. The minimum atomic E-state index is -1.77. The zero-order chi connectivity index (χ0) is 11.2. The molecule has 80 valence electrons. The maximum atomic E-state index is 11.6. The molecule has 0 atom stereocenters. The summed E-state index contributed by atoms with van der Waals surface area (Å²) in [7, 11) is -1.77. The molecule has 0 rings (SSSR count). The number of allylic oxidation sites excluding steroid dienone is 2. The Morgan fingerprint density at radius 1 is 1.43 bits per heavy atom. The molecular weight excluding hydrogens is 192 g/mol. The van der Waals surface area contributed by atoms with E-state index >= 15 is 0 Å². The molecule has 0 aliphatic rings.